The maximum atomic E-state index is 12.1. The highest BCUT2D eigenvalue weighted by atomic mass is 16.6. The van der Waals surface area contributed by atoms with Gasteiger partial charge in [-0.15, -0.1) is 0 Å². The summed E-state index contributed by atoms with van der Waals surface area (Å²) in [7, 11) is 0. The minimum Gasteiger partial charge on any atom is -0.481 e. The van der Waals surface area contributed by atoms with E-state index < -0.39 is 48.6 Å². The summed E-state index contributed by atoms with van der Waals surface area (Å²) in [5.74, 6) is -1.53. The SMILES string of the molecule is C/C(=C\C(=O)OCCCCCCCCC(=O)O)C[C@@H]1OC[C@@H]2C[C@H]([C@@H](O)[C@@H](C)[C@H](C)O)O[C@H]2[C@H]1O. The molecule has 0 amide bonds. The zero-order chi connectivity index (χ0) is 26.0. The summed E-state index contributed by atoms with van der Waals surface area (Å²) in [4.78, 5) is 22.6. The molecule has 0 spiro atoms. The molecular formula is C26H44O9. The average molecular weight is 501 g/mol. The van der Waals surface area contributed by atoms with E-state index in [1.807, 2.05) is 0 Å². The van der Waals surface area contributed by atoms with E-state index in [0.717, 1.165) is 37.7 Å². The summed E-state index contributed by atoms with van der Waals surface area (Å²) in [5, 5.41) is 39.7. The van der Waals surface area contributed by atoms with E-state index >= 15 is 0 Å². The van der Waals surface area contributed by atoms with Gasteiger partial charge >= 0.3 is 11.9 Å². The van der Waals surface area contributed by atoms with Crippen LogP contribution in [0.2, 0.25) is 0 Å². The summed E-state index contributed by atoms with van der Waals surface area (Å²) in [6, 6.07) is 0. The number of fused-ring (bicyclic) bond motifs is 1. The number of carboxylic acids is 1. The number of aliphatic carboxylic acids is 1. The highest BCUT2D eigenvalue weighted by Gasteiger charge is 2.48. The number of hydrogen-bond acceptors (Lipinski definition) is 8. The van der Waals surface area contributed by atoms with Crippen LogP contribution in [0.15, 0.2) is 11.6 Å². The van der Waals surface area contributed by atoms with E-state index in [4.69, 9.17) is 19.3 Å². The van der Waals surface area contributed by atoms with Crippen molar-refractivity contribution in [2.75, 3.05) is 13.2 Å². The summed E-state index contributed by atoms with van der Waals surface area (Å²) >= 11 is 0. The van der Waals surface area contributed by atoms with Gasteiger partial charge < -0.3 is 34.6 Å². The lowest BCUT2D eigenvalue weighted by molar-refractivity contribution is -0.170. The van der Waals surface area contributed by atoms with Crippen LogP contribution in [0.25, 0.3) is 0 Å². The second-order valence-corrected chi connectivity index (χ2v) is 10.2. The zero-order valence-electron chi connectivity index (χ0n) is 21.3. The van der Waals surface area contributed by atoms with Gasteiger partial charge in [-0.3, -0.25) is 4.79 Å². The van der Waals surface area contributed by atoms with E-state index in [1.165, 1.54) is 6.08 Å². The third-order valence-corrected chi connectivity index (χ3v) is 7.17. The van der Waals surface area contributed by atoms with Crippen molar-refractivity contribution in [3.05, 3.63) is 11.6 Å². The summed E-state index contributed by atoms with van der Waals surface area (Å²) in [6.45, 7) is 5.96. The highest BCUT2D eigenvalue weighted by Crippen LogP contribution is 2.38. The molecule has 4 N–H and O–H groups in total. The number of rotatable bonds is 15. The smallest absolute Gasteiger partial charge is 0.330 e. The van der Waals surface area contributed by atoms with E-state index in [0.29, 0.717) is 32.5 Å². The van der Waals surface area contributed by atoms with Crippen molar-refractivity contribution in [3.63, 3.8) is 0 Å². The molecule has 0 aromatic carbocycles. The Morgan fingerprint density at radius 3 is 2.40 bits per heavy atom. The fourth-order valence-corrected chi connectivity index (χ4v) is 4.78. The standard InChI is InChI=1S/C26H44O9/c1-16(13-23(30)33-11-9-7-5-4-6-8-10-22(28)29)12-20-25(32)26-19(15-34-20)14-21(35-26)24(31)17(2)18(3)27/h13,17-21,24-27,31-32H,4-12,14-15H2,1-3H3,(H,28,29)/b16-13+/t17-,18-,19-,20-,21+,24-,25-,26+/m0/s1. The maximum absolute atomic E-state index is 12.1. The molecule has 9 heteroatoms. The second-order valence-electron chi connectivity index (χ2n) is 10.2. The molecule has 0 aromatic rings. The minimum atomic E-state index is -0.873. The van der Waals surface area contributed by atoms with Crippen molar-refractivity contribution < 1.29 is 44.2 Å². The number of carbonyl (C=O) groups excluding carboxylic acids is 1. The Bertz CT molecular complexity index is 692. The Morgan fingerprint density at radius 2 is 1.74 bits per heavy atom. The molecule has 0 unspecified atom stereocenters. The molecule has 2 rings (SSSR count). The first-order chi connectivity index (χ1) is 16.6. The van der Waals surface area contributed by atoms with Crippen molar-refractivity contribution in [1.82, 2.24) is 0 Å². The predicted molar refractivity (Wildman–Crippen MR) is 129 cm³/mol. The number of carboxylic acid groups (broad SMARTS) is 1. The van der Waals surface area contributed by atoms with Crippen LogP contribution < -0.4 is 0 Å². The number of ether oxygens (including phenoxy) is 3. The maximum Gasteiger partial charge on any atom is 0.330 e. The number of carbonyl (C=O) groups is 2. The van der Waals surface area contributed by atoms with Crippen LogP contribution in [-0.4, -0.2) is 82.2 Å². The predicted octanol–water partition coefficient (Wildman–Crippen LogP) is 2.59. The van der Waals surface area contributed by atoms with E-state index in [-0.39, 0.29) is 18.3 Å². The lowest BCUT2D eigenvalue weighted by Crippen LogP contribution is -2.48. The number of esters is 1. The topological polar surface area (TPSA) is 143 Å². The van der Waals surface area contributed by atoms with Crippen LogP contribution in [0.3, 0.4) is 0 Å². The molecule has 2 fully saturated rings. The Labute approximate surface area is 208 Å². The van der Waals surface area contributed by atoms with Crippen molar-refractivity contribution in [3.8, 4) is 0 Å². The summed E-state index contributed by atoms with van der Waals surface area (Å²) in [5.41, 5.74) is 0.744. The Kier molecular flexibility index (Phi) is 12.6. The number of aliphatic hydroxyl groups is 3. The molecule has 0 radical (unpaired) electrons. The normalized spacial score (nSPS) is 29.3. The van der Waals surface area contributed by atoms with Gasteiger partial charge in [-0.1, -0.05) is 38.2 Å². The van der Waals surface area contributed by atoms with Gasteiger partial charge in [0.2, 0.25) is 0 Å². The van der Waals surface area contributed by atoms with Crippen LogP contribution in [0.4, 0.5) is 0 Å². The molecule has 2 saturated heterocycles. The first-order valence-corrected chi connectivity index (χ1v) is 13.0. The molecule has 8 atom stereocenters. The first kappa shape index (κ1) is 29.7. The van der Waals surface area contributed by atoms with Gasteiger partial charge in [0.25, 0.3) is 0 Å². The van der Waals surface area contributed by atoms with Crippen LogP contribution >= 0.6 is 0 Å². The van der Waals surface area contributed by atoms with Crippen molar-refractivity contribution in [1.29, 1.82) is 0 Å². The van der Waals surface area contributed by atoms with Gasteiger partial charge in [-0.2, -0.15) is 0 Å². The van der Waals surface area contributed by atoms with Crippen LogP contribution in [0.1, 0.15) is 78.6 Å². The van der Waals surface area contributed by atoms with Crippen molar-refractivity contribution in [2.45, 2.75) is 115 Å². The Hall–Kier alpha value is -1.52. The van der Waals surface area contributed by atoms with E-state index in [9.17, 15) is 24.9 Å². The van der Waals surface area contributed by atoms with Crippen LogP contribution in [0, 0.1) is 11.8 Å². The summed E-state index contributed by atoms with van der Waals surface area (Å²) in [6.07, 6.45) is 4.09. The molecule has 0 aromatic heterocycles. The molecule has 35 heavy (non-hydrogen) atoms. The highest BCUT2D eigenvalue weighted by molar-refractivity contribution is 5.82. The second kappa shape index (κ2) is 14.9. The lowest BCUT2D eigenvalue weighted by Gasteiger charge is -2.36. The number of aliphatic hydroxyl groups excluding tert-OH is 3. The molecule has 0 saturated carbocycles. The number of hydrogen-bond donors (Lipinski definition) is 4. The Morgan fingerprint density at radius 1 is 1.09 bits per heavy atom. The zero-order valence-corrected chi connectivity index (χ0v) is 21.3. The molecule has 0 bridgehead atoms. The van der Waals surface area contributed by atoms with Crippen LogP contribution in [0.5, 0.6) is 0 Å². The van der Waals surface area contributed by atoms with Crippen LogP contribution in [-0.2, 0) is 23.8 Å². The van der Waals surface area contributed by atoms with Gasteiger partial charge in [0.15, 0.2) is 0 Å². The third kappa shape index (κ3) is 9.80. The van der Waals surface area contributed by atoms with Gasteiger partial charge in [0.05, 0.1) is 43.7 Å². The molecule has 202 valence electrons. The van der Waals surface area contributed by atoms with E-state index in [1.54, 1.807) is 20.8 Å². The largest absolute Gasteiger partial charge is 0.481 e. The fourth-order valence-electron chi connectivity index (χ4n) is 4.78. The average Bonchev–Trinajstić information content (AvgIpc) is 3.23. The van der Waals surface area contributed by atoms with Crippen molar-refractivity contribution in [2.24, 2.45) is 11.8 Å². The molecule has 2 heterocycles. The molecule has 2 aliphatic rings. The lowest BCUT2D eigenvalue weighted by atomic mass is 9.87. The van der Waals surface area contributed by atoms with Gasteiger partial charge in [-0.05, 0) is 39.5 Å². The molecule has 9 nitrogen and oxygen atoms in total. The molecular weight excluding hydrogens is 456 g/mol. The first-order valence-electron chi connectivity index (χ1n) is 13.0. The fraction of sp³-hybridized carbons (Fsp3) is 0.846. The van der Waals surface area contributed by atoms with Crippen molar-refractivity contribution >= 4 is 11.9 Å². The quantitative estimate of drug-likeness (QED) is 0.152. The number of unbranched alkanes of at least 4 members (excludes halogenated alkanes) is 5. The Balaban J connectivity index is 1.68. The third-order valence-electron chi connectivity index (χ3n) is 7.17. The minimum absolute atomic E-state index is 0.0199. The molecule has 2 aliphatic heterocycles. The van der Waals surface area contributed by atoms with Gasteiger partial charge in [0, 0.05) is 24.3 Å². The monoisotopic (exact) mass is 500 g/mol. The van der Waals surface area contributed by atoms with Gasteiger partial charge in [-0.25, -0.2) is 4.79 Å². The summed E-state index contributed by atoms with van der Waals surface area (Å²) < 4.78 is 17.1. The van der Waals surface area contributed by atoms with Gasteiger partial charge in [0.1, 0.15) is 6.10 Å². The van der Waals surface area contributed by atoms with E-state index in [2.05, 4.69) is 0 Å². The molecule has 0 aliphatic carbocycles.